The first-order valence-electron chi connectivity index (χ1n) is 9.20. The minimum Gasteiger partial charge on any atom is -0.493 e. The summed E-state index contributed by atoms with van der Waals surface area (Å²) in [4.78, 5) is 29.1. The Bertz CT molecular complexity index is 679. The van der Waals surface area contributed by atoms with Gasteiger partial charge in [0.25, 0.3) is 0 Å². The summed E-state index contributed by atoms with van der Waals surface area (Å²) in [6.45, 7) is 3.44. The molecule has 0 bridgehead atoms. The number of amides is 2. The number of thioether (sulfide) groups is 1. The molecule has 1 unspecified atom stereocenters. The Labute approximate surface area is 164 Å². The highest BCUT2D eigenvalue weighted by Crippen LogP contribution is 2.28. The zero-order valence-corrected chi connectivity index (χ0v) is 16.7. The summed E-state index contributed by atoms with van der Waals surface area (Å²) in [5, 5.41) is 2.90. The number of methoxy groups -OCH3 is 2. The van der Waals surface area contributed by atoms with Crippen LogP contribution in [0.5, 0.6) is 11.5 Å². The zero-order chi connectivity index (χ0) is 19.2. The van der Waals surface area contributed by atoms with Gasteiger partial charge >= 0.3 is 0 Å². The number of carbonyl (C=O) groups excluding carboxylic acids is 2. The van der Waals surface area contributed by atoms with Gasteiger partial charge in [0.1, 0.15) is 0 Å². The number of carbonyl (C=O) groups is 2. The second-order valence-electron chi connectivity index (χ2n) is 6.66. The third-order valence-corrected chi connectivity index (χ3v) is 5.95. The number of benzene rings is 1. The van der Waals surface area contributed by atoms with Crippen LogP contribution in [0.3, 0.4) is 0 Å². The van der Waals surface area contributed by atoms with Crippen LogP contribution in [0, 0.1) is 0 Å². The molecule has 0 aliphatic carbocycles. The van der Waals surface area contributed by atoms with Gasteiger partial charge in [0.2, 0.25) is 11.8 Å². The molecule has 2 amide bonds. The van der Waals surface area contributed by atoms with Gasteiger partial charge in [-0.05, 0) is 17.7 Å². The van der Waals surface area contributed by atoms with Crippen molar-refractivity contribution in [2.45, 2.75) is 19.0 Å². The monoisotopic (exact) mass is 393 g/mol. The molecule has 0 spiro atoms. The molecular weight excluding hydrogens is 366 g/mol. The highest BCUT2D eigenvalue weighted by molar-refractivity contribution is 7.99. The summed E-state index contributed by atoms with van der Waals surface area (Å²) < 4.78 is 10.7. The van der Waals surface area contributed by atoms with E-state index in [1.807, 2.05) is 34.9 Å². The average molecular weight is 394 g/mol. The molecule has 0 radical (unpaired) electrons. The van der Waals surface area contributed by atoms with Crippen LogP contribution < -0.4 is 14.8 Å². The highest BCUT2D eigenvalue weighted by Gasteiger charge is 2.33. The molecule has 7 nitrogen and oxygen atoms in total. The molecule has 8 heteroatoms. The molecule has 148 valence electrons. The topological polar surface area (TPSA) is 71.1 Å². The van der Waals surface area contributed by atoms with E-state index in [9.17, 15) is 9.59 Å². The Morgan fingerprint density at radius 1 is 1.19 bits per heavy atom. The minimum atomic E-state index is -0.436. The van der Waals surface area contributed by atoms with E-state index < -0.39 is 6.04 Å². The van der Waals surface area contributed by atoms with E-state index in [1.54, 1.807) is 14.2 Å². The predicted molar refractivity (Wildman–Crippen MR) is 105 cm³/mol. The van der Waals surface area contributed by atoms with Crippen LogP contribution >= 0.6 is 11.8 Å². The van der Waals surface area contributed by atoms with Gasteiger partial charge in [0, 0.05) is 44.2 Å². The van der Waals surface area contributed by atoms with Gasteiger partial charge in [0.15, 0.2) is 11.5 Å². The van der Waals surface area contributed by atoms with E-state index in [0.717, 1.165) is 30.2 Å². The van der Waals surface area contributed by atoms with E-state index in [-0.39, 0.29) is 18.2 Å². The first kappa shape index (κ1) is 19.8. The van der Waals surface area contributed by atoms with Crippen molar-refractivity contribution >= 4 is 23.6 Å². The summed E-state index contributed by atoms with van der Waals surface area (Å²) >= 11 is 1.87. The van der Waals surface area contributed by atoms with Crippen molar-refractivity contribution in [3.05, 3.63) is 23.8 Å². The predicted octanol–water partition coefficient (Wildman–Crippen LogP) is 0.970. The molecule has 1 N–H and O–H groups in total. The van der Waals surface area contributed by atoms with Crippen molar-refractivity contribution in [2.24, 2.45) is 0 Å². The summed E-state index contributed by atoms with van der Waals surface area (Å²) in [5.74, 6) is 3.27. The summed E-state index contributed by atoms with van der Waals surface area (Å²) in [6, 6.07) is 5.32. The van der Waals surface area contributed by atoms with E-state index in [1.165, 1.54) is 0 Å². The smallest absolute Gasteiger partial charge is 0.237 e. The molecule has 1 aromatic rings. The van der Waals surface area contributed by atoms with Crippen molar-refractivity contribution in [3.63, 3.8) is 0 Å². The molecule has 2 aliphatic rings. The normalized spacial score (nSPS) is 20.9. The summed E-state index contributed by atoms with van der Waals surface area (Å²) in [7, 11) is 3.21. The molecule has 3 rings (SSSR count). The number of ether oxygens (including phenoxy) is 2. The number of nitrogens with one attached hydrogen (secondary N) is 1. The lowest BCUT2D eigenvalue weighted by Crippen LogP contribution is -2.56. The lowest BCUT2D eigenvalue weighted by Gasteiger charge is -2.36. The standard InChI is InChI=1S/C19H27N3O4S/c1-25-16-4-3-14(11-17(16)26-2)13-22-6-5-20-19(24)15(22)12-18(23)21-7-9-27-10-8-21/h3-4,11,15H,5-10,12-13H2,1-2H3,(H,20,24). The van der Waals surface area contributed by atoms with Gasteiger partial charge in [-0.3, -0.25) is 14.5 Å². The van der Waals surface area contributed by atoms with Crippen molar-refractivity contribution in [2.75, 3.05) is 51.9 Å². The largest absolute Gasteiger partial charge is 0.493 e. The van der Waals surface area contributed by atoms with Gasteiger partial charge in [-0.1, -0.05) is 6.07 Å². The number of hydrogen-bond donors (Lipinski definition) is 1. The maximum absolute atomic E-state index is 12.7. The maximum atomic E-state index is 12.7. The number of piperazine rings is 1. The van der Waals surface area contributed by atoms with Crippen LogP contribution in [-0.2, 0) is 16.1 Å². The lowest BCUT2D eigenvalue weighted by atomic mass is 10.1. The molecule has 2 aliphatic heterocycles. The fourth-order valence-corrected chi connectivity index (χ4v) is 4.40. The summed E-state index contributed by atoms with van der Waals surface area (Å²) in [5.41, 5.74) is 1.02. The number of hydrogen-bond acceptors (Lipinski definition) is 6. The molecule has 2 fully saturated rings. The average Bonchev–Trinajstić information content (AvgIpc) is 2.71. The Morgan fingerprint density at radius 3 is 2.63 bits per heavy atom. The Balaban J connectivity index is 1.70. The van der Waals surface area contributed by atoms with Crippen LogP contribution in [0.1, 0.15) is 12.0 Å². The van der Waals surface area contributed by atoms with Gasteiger partial charge in [-0.15, -0.1) is 0 Å². The number of rotatable bonds is 6. The van der Waals surface area contributed by atoms with Gasteiger partial charge in [-0.2, -0.15) is 11.8 Å². The quantitative estimate of drug-likeness (QED) is 0.777. The lowest BCUT2D eigenvalue weighted by molar-refractivity contribution is -0.138. The van der Waals surface area contributed by atoms with E-state index >= 15 is 0 Å². The summed E-state index contributed by atoms with van der Waals surface area (Å²) in [6.07, 6.45) is 0.226. The molecule has 2 heterocycles. The fraction of sp³-hybridized carbons (Fsp3) is 0.579. The van der Waals surface area contributed by atoms with Crippen LogP contribution in [0.15, 0.2) is 18.2 Å². The van der Waals surface area contributed by atoms with Crippen molar-refractivity contribution in [1.82, 2.24) is 15.1 Å². The molecule has 1 atom stereocenters. The van der Waals surface area contributed by atoms with Crippen LogP contribution in [-0.4, -0.2) is 79.6 Å². The second kappa shape index (κ2) is 9.32. The fourth-order valence-electron chi connectivity index (χ4n) is 3.49. The zero-order valence-electron chi connectivity index (χ0n) is 15.9. The highest BCUT2D eigenvalue weighted by atomic mass is 32.2. The Morgan fingerprint density at radius 2 is 1.93 bits per heavy atom. The number of nitrogens with zero attached hydrogens (tertiary/aromatic N) is 2. The minimum absolute atomic E-state index is 0.0645. The van der Waals surface area contributed by atoms with E-state index in [2.05, 4.69) is 10.2 Å². The third kappa shape index (κ3) is 4.87. The Kier molecular flexibility index (Phi) is 6.84. The second-order valence-corrected chi connectivity index (χ2v) is 7.89. The Hall–Kier alpha value is -1.93. The molecule has 0 saturated carbocycles. The first-order chi connectivity index (χ1) is 13.1. The van der Waals surface area contributed by atoms with Gasteiger partial charge in [0.05, 0.1) is 26.7 Å². The van der Waals surface area contributed by atoms with Crippen molar-refractivity contribution in [1.29, 1.82) is 0 Å². The molecule has 1 aromatic carbocycles. The van der Waals surface area contributed by atoms with Crippen molar-refractivity contribution < 1.29 is 19.1 Å². The first-order valence-corrected chi connectivity index (χ1v) is 10.4. The van der Waals surface area contributed by atoms with Crippen LogP contribution in [0.4, 0.5) is 0 Å². The molecule has 2 saturated heterocycles. The van der Waals surface area contributed by atoms with Gasteiger partial charge < -0.3 is 19.7 Å². The SMILES string of the molecule is COc1ccc(CN2CCNC(=O)C2CC(=O)N2CCSCC2)cc1OC. The van der Waals surface area contributed by atoms with Crippen LogP contribution in [0.25, 0.3) is 0 Å². The van der Waals surface area contributed by atoms with E-state index in [4.69, 9.17) is 9.47 Å². The van der Waals surface area contributed by atoms with Crippen LogP contribution in [0.2, 0.25) is 0 Å². The van der Waals surface area contributed by atoms with Gasteiger partial charge in [-0.25, -0.2) is 0 Å². The molecule has 27 heavy (non-hydrogen) atoms. The van der Waals surface area contributed by atoms with E-state index in [0.29, 0.717) is 31.1 Å². The maximum Gasteiger partial charge on any atom is 0.237 e. The molecule has 0 aromatic heterocycles. The van der Waals surface area contributed by atoms with Crippen molar-refractivity contribution in [3.8, 4) is 11.5 Å². The molecular formula is C19H27N3O4S. The third-order valence-electron chi connectivity index (χ3n) is 5.01.